The van der Waals surface area contributed by atoms with Crippen LogP contribution in [0.5, 0.6) is 0 Å². The van der Waals surface area contributed by atoms with Gasteiger partial charge in [0, 0.05) is 7.11 Å². The van der Waals surface area contributed by atoms with Gasteiger partial charge in [0.25, 0.3) is 0 Å². The molecule has 4 heteroatoms. The average molecular weight is 136 g/mol. The molecular weight excluding hydrogens is 124 g/mol. The molecule has 1 N–H and O–H groups in total. The number of hydrogen-bond acceptors (Lipinski definition) is 3. The first kappa shape index (κ1) is 8.10. The quantitative estimate of drug-likeness (QED) is 0.345. The monoisotopic (exact) mass is 136 g/mol. The summed E-state index contributed by atoms with van der Waals surface area (Å²) in [4.78, 5) is 0. The Hall–Kier alpha value is 0.0969. The molecule has 0 aromatic rings. The van der Waals surface area contributed by atoms with Crippen molar-refractivity contribution in [1.82, 2.24) is 0 Å². The minimum atomic E-state index is 0.190. The maximum absolute atomic E-state index is 8.08. The molecule has 1 heterocycles. The maximum Gasteiger partial charge on any atom is 0.145 e. The molecular formula is C4H12O3Si. The summed E-state index contributed by atoms with van der Waals surface area (Å²) in [5, 5.41) is 8.08. The van der Waals surface area contributed by atoms with Crippen molar-refractivity contribution in [2.45, 2.75) is 6.10 Å². The molecule has 0 aromatic heterocycles. The minimum absolute atomic E-state index is 0.190. The molecule has 1 rings (SSSR count). The fraction of sp³-hybridized carbons (Fsp3) is 1.00. The van der Waals surface area contributed by atoms with Gasteiger partial charge in [-0.15, -0.1) is 0 Å². The zero-order valence-corrected chi connectivity index (χ0v) is 7.26. The maximum atomic E-state index is 8.08. The largest absolute Gasteiger partial charge is 0.431 e. The first-order chi connectivity index (χ1) is 3.85. The van der Waals surface area contributed by atoms with E-state index in [-0.39, 0.29) is 12.7 Å². The Labute approximate surface area is 52.1 Å². The molecule has 3 nitrogen and oxygen atoms in total. The lowest BCUT2D eigenvalue weighted by atomic mass is 10.5. The van der Waals surface area contributed by atoms with E-state index in [4.69, 9.17) is 5.11 Å². The predicted molar refractivity (Wildman–Crippen MR) is 33.8 cm³/mol. The number of hydrogen-bond donors (Lipinski definition) is 1. The van der Waals surface area contributed by atoms with Gasteiger partial charge in [0.05, 0.1) is 13.2 Å². The van der Waals surface area contributed by atoms with Crippen LogP contribution in [-0.2, 0) is 9.16 Å². The van der Waals surface area contributed by atoms with Crippen LogP contribution in [-0.4, -0.2) is 42.0 Å². The van der Waals surface area contributed by atoms with Gasteiger partial charge in [-0.2, -0.15) is 0 Å². The second-order valence-electron chi connectivity index (χ2n) is 1.55. The fourth-order valence-corrected chi connectivity index (χ4v) is 0.173. The van der Waals surface area contributed by atoms with Gasteiger partial charge in [0.2, 0.25) is 0 Å². The van der Waals surface area contributed by atoms with Crippen LogP contribution in [0.15, 0.2) is 0 Å². The van der Waals surface area contributed by atoms with Crippen molar-refractivity contribution in [1.29, 1.82) is 0 Å². The molecule has 0 spiro atoms. The Morgan fingerprint density at radius 2 is 2.38 bits per heavy atom. The second kappa shape index (κ2) is 5.24. The standard InChI is InChI=1S/C3H6O2.CH6OSi/c4-1-3-2-5-3;1-2-3/h3-4H,1-2H2;1,3H3. The van der Waals surface area contributed by atoms with E-state index in [2.05, 4.69) is 9.16 Å². The van der Waals surface area contributed by atoms with Crippen molar-refractivity contribution in [2.24, 2.45) is 0 Å². The second-order valence-corrected chi connectivity index (χ2v) is 2.36. The Kier molecular flexibility index (Phi) is 5.30. The van der Waals surface area contributed by atoms with Crippen LogP contribution in [0.4, 0.5) is 0 Å². The molecule has 8 heavy (non-hydrogen) atoms. The molecule has 1 aliphatic heterocycles. The van der Waals surface area contributed by atoms with Gasteiger partial charge in [0.1, 0.15) is 16.6 Å². The molecule has 1 unspecified atom stereocenters. The van der Waals surface area contributed by atoms with E-state index in [0.717, 1.165) is 17.1 Å². The van der Waals surface area contributed by atoms with Crippen molar-refractivity contribution in [3.63, 3.8) is 0 Å². The topological polar surface area (TPSA) is 42.0 Å². The van der Waals surface area contributed by atoms with Gasteiger partial charge in [-0.25, -0.2) is 0 Å². The van der Waals surface area contributed by atoms with Crippen LogP contribution in [0.3, 0.4) is 0 Å². The first-order valence-corrected chi connectivity index (χ1v) is 3.29. The van der Waals surface area contributed by atoms with Gasteiger partial charge in [0.15, 0.2) is 0 Å². The third-order valence-electron chi connectivity index (χ3n) is 0.606. The van der Waals surface area contributed by atoms with E-state index in [1.54, 1.807) is 7.11 Å². The Morgan fingerprint density at radius 3 is 2.38 bits per heavy atom. The van der Waals surface area contributed by atoms with Crippen LogP contribution >= 0.6 is 0 Å². The van der Waals surface area contributed by atoms with Crippen molar-refractivity contribution in [2.75, 3.05) is 20.3 Å². The van der Waals surface area contributed by atoms with Crippen LogP contribution in [0.1, 0.15) is 0 Å². The van der Waals surface area contributed by atoms with Crippen molar-refractivity contribution < 1.29 is 14.3 Å². The lowest BCUT2D eigenvalue weighted by Gasteiger charge is -1.70. The first-order valence-electron chi connectivity index (χ1n) is 2.47. The van der Waals surface area contributed by atoms with E-state index in [1.807, 2.05) is 0 Å². The molecule has 0 saturated carbocycles. The predicted octanol–water partition coefficient (Wildman–Crippen LogP) is -1.71. The summed E-state index contributed by atoms with van der Waals surface area (Å²) in [5.41, 5.74) is 0. The van der Waals surface area contributed by atoms with E-state index in [0.29, 0.717) is 0 Å². The Bertz CT molecular complexity index is 46.5. The van der Waals surface area contributed by atoms with Gasteiger partial charge >= 0.3 is 0 Å². The molecule has 1 saturated heterocycles. The normalized spacial score (nSPS) is 24.0. The third-order valence-corrected chi connectivity index (χ3v) is 0.606. The van der Waals surface area contributed by atoms with Gasteiger partial charge < -0.3 is 14.3 Å². The van der Waals surface area contributed by atoms with E-state index >= 15 is 0 Å². The summed E-state index contributed by atoms with van der Waals surface area (Å²) in [5.74, 6) is 0. The molecule has 0 aliphatic carbocycles. The zero-order valence-electron chi connectivity index (χ0n) is 5.26. The highest BCUT2D eigenvalue weighted by molar-refractivity contribution is 5.97. The molecule has 0 radical (unpaired) electrons. The Balaban J connectivity index is 0.000000145. The molecule has 1 atom stereocenters. The molecule has 0 amide bonds. The van der Waals surface area contributed by atoms with Crippen molar-refractivity contribution in [3.8, 4) is 0 Å². The van der Waals surface area contributed by atoms with Crippen LogP contribution in [0.2, 0.25) is 0 Å². The number of ether oxygens (including phenoxy) is 1. The molecule has 1 aliphatic rings. The SMILES string of the molecule is CO[SiH3].OCC1CO1. The van der Waals surface area contributed by atoms with Crippen LogP contribution in [0, 0.1) is 0 Å². The van der Waals surface area contributed by atoms with Gasteiger partial charge in [-0.3, -0.25) is 0 Å². The van der Waals surface area contributed by atoms with Crippen molar-refractivity contribution in [3.05, 3.63) is 0 Å². The molecule has 0 bridgehead atoms. The summed E-state index contributed by atoms with van der Waals surface area (Å²) < 4.78 is 9.00. The number of rotatable bonds is 1. The van der Waals surface area contributed by atoms with Crippen LogP contribution < -0.4 is 0 Å². The molecule has 0 aromatic carbocycles. The molecule has 1 fully saturated rings. The zero-order chi connectivity index (χ0) is 6.41. The fourth-order valence-electron chi connectivity index (χ4n) is 0.173. The van der Waals surface area contributed by atoms with E-state index in [1.165, 1.54) is 0 Å². The van der Waals surface area contributed by atoms with Crippen molar-refractivity contribution >= 4 is 10.5 Å². The van der Waals surface area contributed by atoms with Crippen LogP contribution in [0.25, 0.3) is 0 Å². The molecule has 50 valence electrons. The summed E-state index contributed by atoms with van der Waals surface area (Å²) in [6.07, 6.45) is 0.190. The highest BCUT2D eigenvalue weighted by Gasteiger charge is 2.19. The third kappa shape index (κ3) is 6.10. The van der Waals surface area contributed by atoms with Gasteiger partial charge in [-0.05, 0) is 0 Å². The highest BCUT2D eigenvalue weighted by Crippen LogP contribution is 2.04. The lowest BCUT2D eigenvalue weighted by molar-refractivity contribution is 0.244. The summed E-state index contributed by atoms with van der Waals surface area (Å²) in [7, 11) is 2.56. The van der Waals surface area contributed by atoms with Gasteiger partial charge in [-0.1, -0.05) is 0 Å². The van der Waals surface area contributed by atoms with E-state index < -0.39 is 0 Å². The smallest absolute Gasteiger partial charge is 0.145 e. The Morgan fingerprint density at radius 1 is 2.00 bits per heavy atom. The summed E-state index contributed by atoms with van der Waals surface area (Å²) >= 11 is 0. The number of aliphatic hydroxyl groups excluding tert-OH is 1. The number of aliphatic hydroxyl groups is 1. The van der Waals surface area contributed by atoms with E-state index in [9.17, 15) is 0 Å². The summed E-state index contributed by atoms with van der Waals surface area (Å²) in [6.45, 7) is 0.955. The lowest BCUT2D eigenvalue weighted by Crippen LogP contribution is -1.88. The highest BCUT2D eigenvalue weighted by atomic mass is 28.2. The number of epoxide rings is 1. The minimum Gasteiger partial charge on any atom is -0.431 e. The summed E-state index contributed by atoms with van der Waals surface area (Å²) in [6, 6.07) is 0. The average Bonchev–Trinajstić information content (AvgIpc) is 2.48.